The van der Waals surface area contributed by atoms with Gasteiger partial charge in [-0.05, 0) is 11.6 Å². The van der Waals surface area contributed by atoms with Gasteiger partial charge in [0.1, 0.15) is 0 Å². The maximum atomic E-state index is 11.4. The van der Waals surface area contributed by atoms with Crippen molar-refractivity contribution in [1.29, 1.82) is 0 Å². The Bertz CT molecular complexity index is 487. The second-order valence-electron chi connectivity index (χ2n) is 3.47. The lowest BCUT2D eigenvalue weighted by Crippen LogP contribution is -1.97. The first kappa shape index (κ1) is 10.4. The maximum Gasteiger partial charge on any atom is 0.185 e. The zero-order chi connectivity index (χ0) is 11.2. The number of hydrogen-bond donors (Lipinski definition) is 0. The summed E-state index contributed by atoms with van der Waals surface area (Å²) in [5.41, 5.74) is 1.84. The highest BCUT2D eigenvalue weighted by Gasteiger charge is 2.02. The van der Waals surface area contributed by atoms with Crippen LogP contribution < -0.4 is 0 Å². The van der Waals surface area contributed by atoms with Gasteiger partial charge in [-0.25, -0.2) is 0 Å². The van der Waals surface area contributed by atoms with E-state index in [0.29, 0.717) is 0 Å². The van der Waals surface area contributed by atoms with E-state index in [4.69, 9.17) is 0 Å². The van der Waals surface area contributed by atoms with Crippen molar-refractivity contribution in [2.45, 2.75) is 0 Å². The number of hydrogen-bond acceptors (Lipinski definition) is 1. The van der Waals surface area contributed by atoms with Crippen LogP contribution in [0.15, 0.2) is 72.4 Å². The molecule has 2 rings (SSSR count). The fourth-order valence-electron chi connectivity index (χ4n) is 1.45. The largest absolute Gasteiger partial charge is 0.289 e. The summed E-state index contributed by atoms with van der Waals surface area (Å²) in [5.74, 6) is 0.0558. The highest BCUT2D eigenvalue weighted by molar-refractivity contribution is 6.07. The minimum atomic E-state index is 0.0558. The van der Waals surface area contributed by atoms with Crippen molar-refractivity contribution in [2.24, 2.45) is 0 Å². The quantitative estimate of drug-likeness (QED) is 0.681. The van der Waals surface area contributed by atoms with Gasteiger partial charge in [-0.15, -0.1) is 0 Å². The molecule has 1 aliphatic carbocycles. The number of allylic oxidation sites excluding steroid dienone is 7. The van der Waals surface area contributed by atoms with Crippen LogP contribution in [0.1, 0.15) is 5.56 Å². The number of carbonyl (C=O) groups is 1. The van der Waals surface area contributed by atoms with Crippen LogP contribution in [0.25, 0.3) is 6.08 Å². The molecule has 0 spiro atoms. The summed E-state index contributed by atoms with van der Waals surface area (Å²) in [4.78, 5) is 11.4. The lowest BCUT2D eigenvalue weighted by Gasteiger charge is -1.98. The van der Waals surface area contributed by atoms with Gasteiger partial charge in [0.25, 0.3) is 0 Å². The highest BCUT2D eigenvalue weighted by Crippen LogP contribution is 2.07. The first-order valence-electron chi connectivity index (χ1n) is 5.19. The first-order valence-corrected chi connectivity index (χ1v) is 5.19. The Morgan fingerprint density at radius 2 is 1.69 bits per heavy atom. The van der Waals surface area contributed by atoms with Gasteiger partial charge in [0.15, 0.2) is 5.78 Å². The summed E-state index contributed by atoms with van der Waals surface area (Å²) in [6, 6.07) is 10.00. The third kappa shape index (κ3) is 2.67. The summed E-state index contributed by atoms with van der Waals surface area (Å²) in [7, 11) is 0. The minimum Gasteiger partial charge on any atom is -0.289 e. The fourth-order valence-corrected chi connectivity index (χ4v) is 1.45. The van der Waals surface area contributed by atoms with E-state index in [1.165, 1.54) is 0 Å². The lowest BCUT2D eigenvalue weighted by molar-refractivity contribution is -0.111. The summed E-state index contributed by atoms with van der Waals surface area (Å²) in [5, 5.41) is 0. The molecule has 1 nitrogen and oxygen atoms in total. The molecule has 0 unspecified atom stereocenters. The number of ketones is 1. The minimum absolute atomic E-state index is 0.0558. The van der Waals surface area contributed by atoms with Gasteiger partial charge in [-0.1, -0.05) is 66.8 Å². The summed E-state index contributed by atoms with van der Waals surface area (Å²) >= 11 is 0. The molecule has 0 N–H and O–H groups in total. The van der Waals surface area contributed by atoms with Gasteiger partial charge in [0.2, 0.25) is 0 Å². The van der Waals surface area contributed by atoms with E-state index in [1.807, 2.05) is 60.7 Å². The molecule has 0 aliphatic heterocycles. The second kappa shape index (κ2) is 5.08. The fraction of sp³-hybridized carbons (Fsp3) is 0. The van der Waals surface area contributed by atoms with Gasteiger partial charge in [-0.3, -0.25) is 4.79 Å². The van der Waals surface area contributed by atoms with Gasteiger partial charge < -0.3 is 0 Å². The molecule has 0 atom stereocenters. The first-order chi connectivity index (χ1) is 7.86. The predicted octanol–water partition coefficient (Wildman–Crippen LogP) is 3.32. The van der Waals surface area contributed by atoms with E-state index in [-0.39, 0.29) is 5.78 Å². The molecule has 1 aromatic rings. The molecule has 0 radical (unpaired) electrons. The molecular weight excluding hydrogens is 196 g/mol. The average molecular weight is 208 g/mol. The van der Waals surface area contributed by atoms with E-state index in [9.17, 15) is 4.79 Å². The van der Waals surface area contributed by atoms with Crippen LogP contribution >= 0.6 is 0 Å². The Hall–Kier alpha value is -2.15. The van der Waals surface area contributed by atoms with Crippen molar-refractivity contribution >= 4 is 11.9 Å². The molecule has 16 heavy (non-hydrogen) atoms. The van der Waals surface area contributed by atoms with E-state index in [0.717, 1.165) is 11.1 Å². The van der Waals surface area contributed by atoms with Crippen LogP contribution in [0.5, 0.6) is 0 Å². The monoisotopic (exact) mass is 208 g/mol. The zero-order valence-corrected chi connectivity index (χ0v) is 8.84. The lowest BCUT2D eigenvalue weighted by atomic mass is 10.1. The Kier molecular flexibility index (Phi) is 3.29. The van der Waals surface area contributed by atoms with E-state index in [1.54, 1.807) is 12.2 Å². The molecule has 0 heterocycles. The molecule has 0 amide bonds. The van der Waals surface area contributed by atoms with Crippen molar-refractivity contribution in [3.63, 3.8) is 0 Å². The molecule has 1 aliphatic rings. The van der Waals surface area contributed by atoms with Crippen molar-refractivity contribution < 1.29 is 4.79 Å². The van der Waals surface area contributed by atoms with Crippen LogP contribution in [0, 0.1) is 0 Å². The molecule has 0 saturated heterocycles. The van der Waals surface area contributed by atoms with Crippen LogP contribution in [0.4, 0.5) is 0 Å². The Balaban J connectivity index is 2.09. The number of benzene rings is 1. The van der Waals surface area contributed by atoms with Crippen LogP contribution in [0.2, 0.25) is 0 Å². The van der Waals surface area contributed by atoms with Gasteiger partial charge in [0, 0.05) is 5.57 Å². The predicted molar refractivity (Wildman–Crippen MR) is 66.8 cm³/mol. The molecule has 1 heteroatoms. The SMILES string of the molecule is O=C1C=CC=CC1=CC=Cc1ccccc1. The number of rotatable bonds is 2. The zero-order valence-electron chi connectivity index (χ0n) is 8.84. The van der Waals surface area contributed by atoms with Gasteiger partial charge in [-0.2, -0.15) is 0 Å². The third-order valence-corrected chi connectivity index (χ3v) is 2.28. The normalized spacial score (nSPS) is 17.5. The van der Waals surface area contributed by atoms with Gasteiger partial charge >= 0.3 is 0 Å². The summed E-state index contributed by atoms with van der Waals surface area (Å²) in [6.07, 6.45) is 12.7. The standard InChI is InChI=1S/C15H12O/c16-15-12-5-4-10-14(15)11-6-9-13-7-2-1-3-8-13/h1-12H. The van der Waals surface area contributed by atoms with Crippen LogP contribution in [-0.2, 0) is 4.79 Å². The molecule has 0 aromatic heterocycles. The molecule has 0 fully saturated rings. The Labute approximate surface area is 95.1 Å². The summed E-state index contributed by atoms with van der Waals surface area (Å²) in [6.45, 7) is 0. The second-order valence-corrected chi connectivity index (χ2v) is 3.47. The third-order valence-electron chi connectivity index (χ3n) is 2.28. The summed E-state index contributed by atoms with van der Waals surface area (Å²) < 4.78 is 0. The smallest absolute Gasteiger partial charge is 0.185 e. The topological polar surface area (TPSA) is 17.1 Å². The Morgan fingerprint density at radius 3 is 2.44 bits per heavy atom. The molecule has 1 aromatic carbocycles. The molecule has 0 saturated carbocycles. The van der Waals surface area contributed by atoms with E-state index >= 15 is 0 Å². The molecule has 78 valence electrons. The van der Waals surface area contributed by atoms with Crippen molar-refractivity contribution in [2.75, 3.05) is 0 Å². The van der Waals surface area contributed by atoms with Crippen LogP contribution in [0.3, 0.4) is 0 Å². The van der Waals surface area contributed by atoms with Crippen molar-refractivity contribution in [3.8, 4) is 0 Å². The van der Waals surface area contributed by atoms with Crippen LogP contribution in [-0.4, -0.2) is 5.78 Å². The van der Waals surface area contributed by atoms with E-state index in [2.05, 4.69) is 0 Å². The van der Waals surface area contributed by atoms with Crippen molar-refractivity contribution in [3.05, 3.63) is 77.9 Å². The molecular formula is C15H12O. The average Bonchev–Trinajstić information content (AvgIpc) is 2.33. The number of carbonyl (C=O) groups excluding carboxylic acids is 1. The van der Waals surface area contributed by atoms with Crippen molar-refractivity contribution in [1.82, 2.24) is 0 Å². The maximum absolute atomic E-state index is 11.4. The van der Waals surface area contributed by atoms with Gasteiger partial charge in [0.05, 0.1) is 0 Å². The Morgan fingerprint density at radius 1 is 0.938 bits per heavy atom. The van der Waals surface area contributed by atoms with E-state index < -0.39 is 0 Å². The molecule has 0 bridgehead atoms. The highest BCUT2D eigenvalue weighted by atomic mass is 16.1.